The standard InChI is InChI=1S/C14H30N2S/c1-11(2)10-12(3)16(6)9-7-8-14(4,5)13(15)17/h11-12H,7-10H2,1-6H3,(H2,15,17). The molecule has 0 bridgehead atoms. The fourth-order valence-corrected chi connectivity index (χ4v) is 2.08. The lowest BCUT2D eigenvalue weighted by molar-refractivity contribution is 0.218. The number of hydrogen-bond acceptors (Lipinski definition) is 2. The van der Waals surface area contributed by atoms with E-state index in [-0.39, 0.29) is 5.41 Å². The summed E-state index contributed by atoms with van der Waals surface area (Å²) in [6, 6.07) is 0.656. The molecule has 0 amide bonds. The number of thiocarbonyl (C=S) groups is 1. The van der Waals surface area contributed by atoms with Crippen molar-refractivity contribution >= 4 is 17.2 Å². The quantitative estimate of drug-likeness (QED) is 0.676. The Hall–Kier alpha value is -0.150. The minimum absolute atomic E-state index is 0.00252. The SMILES string of the molecule is CC(C)CC(C)N(C)CCCC(C)(C)C(N)=S. The van der Waals surface area contributed by atoms with Crippen LogP contribution in [-0.4, -0.2) is 29.5 Å². The Balaban J connectivity index is 3.93. The van der Waals surface area contributed by atoms with Crippen molar-refractivity contribution < 1.29 is 0 Å². The van der Waals surface area contributed by atoms with Gasteiger partial charge in [-0.3, -0.25) is 0 Å². The third-order valence-electron chi connectivity index (χ3n) is 3.54. The molecule has 0 aliphatic heterocycles. The summed E-state index contributed by atoms with van der Waals surface area (Å²) in [5, 5.41) is 0. The van der Waals surface area contributed by atoms with Gasteiger partial charge in [-0.1, -0.05) is 39.9 Å². The van der Waals surface area contributed by atoms with Gasteiger partial charge in [-0.25, -0.2) is 0 Å². The van der Waals surface area contributed by atoms with E-state index < -0.39 is 0 Å². The van der Waals surface area contributed by atoms with Crippen molar-refractivity contribution in [1.82, 2.24) is 4.90 Å². The van der Waals surface area contributed by atoms with Crippen LogP contribution in [-0.2, 0) is 0 Å². The highest BCUT2D eigenvalue weighted by Gasteiger charge is 2.21. The molecule has 0 radical (unpaired) electrons. The highest BCUT2D eigenvalue weighted by atomic mass is 32.1. The highest BCUT2D eigenvalue weighted by molar-refractivity contribution is 7.80. The van der Waals surface area contributed by atoms with E-state index in [1.165, 1.54) is 6.42 Å². The van der Waals surface area contributed by atoms with Gasteiger partial charge < -0.3 is 10.6 Å². The van der Waals surface area contributed by atoms with Crippen molar-refractivity contribution in [3.63, 3.8) is 0 Å². The number of rotatable bonds is 8. The van der Waals surface area contributed by atoms with Crippen LogP contribution < -0.4 is 5.73 Å². The van der Waals surface area contributed by atoms with Crippen molar-refractivity contribution in [2.24, 2.45) is 17.1 Å². The summed E-state index contributed by atoms with van der Waals surface area (Å²) >= 11 is 5.08. The first-order valence-electron chi connectivity index (χ1n) is 6.67. The molecule has 0 aromatic rings. The van der Waals surface area contributed by atoms with Gasteiger partial charge >= 0.3 is 0 Å². The van der Waals surface area contributed by atoms with Crippen molar-refractivity contribution in [2.45, 2.75) is 59.9 Å². The van der Waals surface area contributed by atoms with E-state index in [1.54, 1.807) is 0 Å². The molecular weight excluding hydrogens is 228 g/mol. The molecule has 0 aliphatic carbocycles. The van der Waals surface area contributed by atoms with Crippen LogP contribution in [0.5, 0.6) is 0 Å². The predicted octanol–water partition coefficient (Wildman–Crippen LogP) is 3.45. The molecule has 0 aromatic carbocycles. The number of nitrogens with zero attached hydrogens (tertiary/aromatic N) is 1. The molecular formula is C14H30N2S. The van der Waals surface area contributed by atoms with E-state index in [9.17, 15) is 0 Å². The second kappa shape index (κ2) is 7.32. The van der Waals surface area contributed by atoms with Gasteiger partial charge in [-0.15, -0.1) is 0 Å². The number of nitrogens with two attached hydrogens (primary N) is 1. The zero-order valence-electron chi connectivity index (χ0n) is 12.4. The maximum atomic E-state index is 5.73. The topological polar surface area (TPSA) is 29.3 Å². The Morgan fingerprint density at radius 3 is 2.24 bits per heavy atom. The Kier molecular flexibility index (Phi) is 7.26. The summed E-state index contributed by atoms with van der Waals surface area (Å²) in [4.78, 5) is 3.07. The molecule has 2 nitrogen and oxygen atoms in total. The van der Waals surface area contributed by atoms with Crippen LogP contribution in [0, 0.1) is 11.3 Å². The Morgan fingerprint density at radius 1 is 1.29 bits per heavy atom. The summed E-state index contributed by atoms with van der Waals surface area (Å²) in [5.74, 6) is 0.764. The fourth-order valence-electron chi connectivity index (χ4n) is 1.98. The molecule has 0 heterocycles. The molecule has 0 aliphatic rings. The van der Waals surface area contributed by atoms with Gasteiger partial charge in [0.2, 0.25) is 0 Å². The fraction of sp³-hybridized carbons (Fsp3) is 0.929. The smallest absolute Gasteiger partial charge is 0.0784 e. The normalized spacial score (nSPS) is 14.4. The zero-order valence-corrected chi connectivity index (χ0v) is 13.2. The minimum Gasteiger partial charge on any atom is -0.393 e. The van der Waals surface area contributed by atoms with Gasteiger partial charge in [0, 0.05) is 11.5 Å². The van der Waals surface area contributed by atoms with Crippen molar-refractivity contribution in [3.8, 4) is 0 Å². The summed E-state index contributed by atoms with van der Waals surface area (Å²) in [6.07, 6.45) is 3.49. The third kappa shape index (κ3) is 6.99. The summed E-state index contributed by atoms with van der Waals surface area (Å²) in [5.41, 5.74) is 5.73. The van der Waals surface area contributed by atoms with Crippen LogP contribution in [0.1, 0.15) is 53.9 Å². The molecule has 0 fully saturated rings. The Labute approximate surface area is 113 Å². The lowest BCUT2D eigenvalue weighted by Gasteiger charge is -2.28. The van der Waals surface area contributed by atoms with Crippen LogP contribution in [0.15, 0.2) is 0 Å². The predicted molar refractivity (Wildman–Crippen MR) is 81.3 cm³/mol. The van der Waals surface area contributed by atoms with E-state index in [4.69, 9.17) is 18.0 Å². The van der Waals surface area contributed by atoms with E-state index in [0.717, 1.165) is 25.3 Å². The first-order chi connectivity index (χ1) is 7.66. The average molecular weight is 258 g/mol. The van der Waals surface area contributed by atoms with Gasteiger partial charge in [-0.05, 0) is 45.7 Å². The minimum atomic E-state index is -0.00252. The largest absolute Gasteiger partial charge is 0.393 e. The van der Waals surface area contributed by atoms with Crippen molar-refractivity contribution in [1.29, 1.82) is 0 Å². The monoisotopic (exact) mass is 258 g/mol. The maximum Gasteiger partial charge on any atom is 0.0784 e. The molecule has 2 N–H and O–H groups in total. The van der Waals surface area contributed by atoms with Gasteiger partial charge in [0.25, 0.3) is 0 Å². The van der Waals surface area contributed by atoms with Crippen LogP contribution >= 0.6 is 12.2 Å². The first-order valence-corrected chi connectivity index (χ1v) is 7.07. The summed E-state index contributed by atoms with van der Waals surface area (Å²) in [6.45, 7) is 12.2. The van der Waals surface area contributed by atoms with Crippen LogP contribution in [0.4, 0.5) is 0 Å². The van der Waals surface area contributed by atoms with E-state index >= 15 is 0 Å². The third-order valence-corrected chi connectivity index (χ3v) is 4.10. The van der Waals surface area contributed by atoms with E-state index in [1.807, 2.05) is 0 Å². The molecule has 0 saturated heterocycles. The Bertz CT molecular complexity index is 236. The molecule has 1 unspecified atom stereocenters. The van der Waals surface area contributed by atoms with Gasteiger partial charge in [-0.2, -0.15) is 0 Å². The van der Waals surface area contributed by atoms with Crippen molar-refractivity contribution in [3.05, 3.63) is 0 Å². The van der Waals surface area contributed by atoms with Gasteiger partial charge in [0.15, 0.2) is 0 Å². The van der Waals surface area contributed by atoms with Gasteiger partial charge in [0.1, 0.15) is 0 Å². The van der Waals surface area contributed by atoms with E-state index in [2.05, 4.69) is 46.6 Å². The van der Waals surface area contributed by atoms with Crippen LogP contribution in [0.2, 0.25) is 0 Å². The molecule has 0 spiro atoms. The lowest BCUT2D eigenvalue weighted by Crippen LogP contribution is -2.34. The van der Waals surface area contributed by atoms with Gasteiger partial charge in [0.05, 0.1) is 4.99 Å². The zero-order chi connectivity index (χ0) is 13.6. The average Bonchev–Trinajstić information content (AvgIpc) is 2.15. The molecule has 0 rings (SSSR count). The second-order valence-corrected chi connectivity index (χ2v) is 6.75. The molecule has 1 atom stereocenters. The molecule has 0 aromatic heterocycles. The molecule has 17 heavy (non-hydrogen) atoms. The molecule has 102 valence electrons. The van der Waals surface area contributed by atoms with E-state index in [0.29, 0.717) is 11.0 Å². The first kappa shape index (κ1) is 16.9. The van der Waals surface area contributed by atoms with Crippen LogP contribution in [0.25, 0.3) is 0 Å². The number of hydrogen-bond donors (Lipinski definition) is 1. The lowest BCUT2D eigenvalue weighted by atomic mass is 9.88. The summed E-state index contributed by atoms with van der Waals surface area (Å²) < 4.78 is 0. The molecule has 0 saturated carbocycles. The highest BCUT2D eigenvalue weighted by Crippen LogP contribution is 2.23. The molecule has 3 heteroatoms. The maximum absolute atomic E-state index is 5.73. The summed E-state index contributed by atoms with van der Waals surface area (Å²) in [7, 11) is 2.21. The van der Waals surface area contributed by atoms with Crippen LogP contribution in [0.3, 0.4) is 0 Å². The second-order valence-electron chi connectivity index (χ2n) is 6.31. The van der Waals surface area contributed by atoms with Crippen molar-refractivity contribution in [2.75, 3.05) is 13.6 Å². The Morgan fingerprint density at radius 2 is 1.82 bits per heavy atom.